The van der Waals surface area contributed by atoms with Crippen molar-refractivity contribution >= 4 is 39.9 Å². The van der Waals surface area contributed by atoms with Crippen LogP contribution in [0.25, 0.3) is 16.5 Å². The van der Waals surface area contributed by atoms with Gasteiger partial charge in [0, 0.05) is 53.6 Å². The van der Waals surface area contributed by atoms with Crippen molar-refractivity contribution in [3.05, 3.63) is 96.8 Å². The lowest BCUT2D eigenvalue weighted by Gasteiger charge is -2.32. The molecule has 12 heteroatoms. The Morgan fingerprint density at radius 2 is 1.71 bits per heavy atom. The molecule has 0 spiro atoms. The van der Waals surface area contributed by atoms with Gasteiger partial charge in [0.25, 0.3) is 5.91 Å². The van der Waals surface area contributed by atoms with E-state index in [4.69, 9.17) is 19.3 Å². The summed E-state index contributed by atoms with van der Waals surface area (Å²) in [5.74, 6) is 1.53. The number of hydrogen-bond acceptors (Lipinski definition) is 8. The summed E-state index contributed by atoms with van der Waals surface area (Å²) in [5.41, 5.74) is 2.63. The largest absolute Gasteiger partial charge is 0.492 e. The standard InChI is InChI=1S/C37H41N7O5/c1-37(2,3)32-22-33(44(42-32)26-14-17-34(47-4)38-23-26)41-36(46)40-29-15-16-30(28-13-9-8-12-27(28)29)48-20-18-43-19-21-49-31(24-43)35(45)39-25-10-6-5-7-11-25/h5-17,22-23,31H,18-21,24H2,1-4H3,(H,39,45)(H2,40,41,46). The summed E-state index contributed by atoms with van der Waals surface area (Å²) in [6, 6.07) is 25.9. The number of morpholine rings is 1. The molecule has 0 aliphatic carbocycles. The maximum absolute atomic E-state index is 13.4. The van der Waals surface area contributed by atoms with Crippen LogP contribution in [0.5, 0.6) is 11.6 Å². The lowest BCUT2D eigenvalue weighted by molar-refractivity contribution is -0.133. The number of urea groups is 1. The second kappa shape index (κ2) is 14.8. The first-order valence-corrected chi connectivity index (χ1v) is 16.2. The number of nitrogens with zero attached hydrogens (tertiary/aromatic N) is 4. The molecule has 0 saturated carbocycles. The maximum Gasteiger partial charge on any atom is 0.324 e. The zero-order valence-electron chi connectivity index (χ0n) is 28.1. The van der Waals surface area contributed by atoms with Crippen LogP contribution in [0.3, 0.4) is 0 Å². The lowest BCUT2D eigenvalue weighted by Crippen LogP contribution is -2.48. The highest BCUT2D eigenvalue weighted by atomic mass is 16.5. The monoisotopic (exact) mass is 663 g/mol. The van der Waals surface area contributed by atoms with Gasteiger partial charge in [-0.15, -0.1) is 0 Å². The number of rotatable bonds is 10. The van der Waals surface area contributed by atoms with E-state index in [0.717, 1.165) is 22.2 Å². The Balaban J connectivity index is 1.10. The van der Waals surface area contributed by atoms with Crippen molar-refractivity contribution in [1.29, 1.82) is 0 Å². The van der Waals surface area contributed by atoms with Crippen molar-refractivity contribution in [1.82, 2.24) is 19.7 Å². The Labute approximate surface area is 285 Å². The SMILES string of the molecule is COc1ccc(-n2nc(C(C)(C)C)cc2NC(=O)Nc2ccc(OCCN3CCOC(C(=O)Nc4ccccc4)C3)c3ccccc23)cn1. The van der Waals surface area contributed by atoms with Crippen LogP contribution < -0.4 is 25.4 Å². The van der Waals surface area contributed by atoms with Crippen LogP contribution in [-0.2, 0) is 14.9 Å². The lowest BCUT2D eigenvalue weighted by atomic mass is 9.92. The van der Waals surface area contributed by atoms with Crippen LogP contribution in [0, 0.1) is 0 Å². The van der Waals surface area contributed by atoms with Crippen LogP contribution >= 0.6 is 0 Å². The second-order valence-electron chi connectivity index (χ2n) is 12.7. The molecule has 1 saturated heterocycles. The van der Waals surface area contributed by atoms with Crippen molar-refractivity contribution in [2.24, 2.45) is 0 Å². The highest BCUT2D eigenvalue weighted by Gasteiger charge is 2.27. The number of hydrogen-bond donors (Lipinski definition) is 3. The summed E-state index contributed by atoms with van der Waals surface area (Å²) < 4.78 is 18.9. The highest BCUT2D eigenvalue weighted by Crippen LogP contribution is 2.32. The predicted molar refractivity (Wildman–Crippen MR) is 190 cm³/mol. The van der Waals surface area contributed by atoms with Crippen molar-refractivity contribution in [2.75, 3.05) is 55.9 Å². The molecule has 12 nitrogen and oxygen atoms in total. The number of methoxy groups -OCH3 is 1. The molecule has 1 aliphatic rings. The van der Waals surface area contributed by atoms with Crippen LogP contribution in [-0.4, -0.2) is 77.7 Å². The summed E-state index contributed by atoms with van der Waals surface area (Å²) in [7, 11) is 1.56. The minimum Gasteiger partial charge on any atom is -0.492 e. The number of anilines is 3. The molecular weight excluding hydrogens is 622 g/mol. The molecule has 1 aliphatic heterocycles. The van der Waals surface area contributed by atoms with Gasteiger partial charge in [0.15, 0.2) is 0 Å². The number of aromatic nitrogens is 3. The van der Waals surface area contributed by atoms with E-state index < -0.39 is 12.1 Å². The molecule has 3 heterocycles. The topological polar surface area (TPSA) is 132 Å². The number of nitrogens with one attached hydrogen (secondary N) is 3. The Hall–Kier alpha value is -5.46. The highest BCUT2D eigenvalue weighted by molar-refractivity contribution is 6.07. The average molecular weight is 664 g/mol. The van der Waals surface area contributed by atoms with Crippen molar-refractivity contribution in [3.8, 4) is 17.3 Å². The average Bonchev–Trinajstić information content (AvgIpc) is 3.54. The fraction of sp³-hybridized carbons (Fsp3) is 0.297. The normalized spacial score (nSPS) is 15.1. The number of para-hydroxylation sites is 1. The summed E-state index contributed by atoms with van der Waals surface area (Å²) in [6.07, 6.45) is 1.09. The van der Waals surface area contributed by atoms with E-state index in [1.165, 1.54) is 0 Å². The van der Waals surface area contributed by atoms with Gasteiger partial charge in [-0.2, -0.15) is 5.10 Å². The first-order valence-electron chi connectivity index (χ1n) is 16.2. The van der Waals surface area contributed by atoms with E-state index in [-0.39, 0.29) is 11.3 Å². The zero-order chi connectivity index (χ0) is 34.4. The van der Waals surface area contributed by atoms with Crippen LogP contribution in [0.1, 0.15) is 26.5 Å². The van der Waals surface area contributed by atoms with Gasteiger partial charge >= 0.3 is 6.03 Å². The quantitative estimate of drug-likeness (QED) is 0.164. The molecule has 1 unspecified atom stereocenters. The van der Waals surface area contributed by atoms with Crippen LogP contribution in [0.15, 0.2) is 91.1 Å². The van der Waals surface area contributed by atoms with Crippen LogP contribution in [0.4, 0.5) is 22.0 Å². The molecule has 3 N–H and O–H groups in total. The van der Waals surface area contributed by atoms with E-state index in [1.54, 1.807) is 24.1 Å². The number of benzene rings is 3. The number of fused-ring (bicyclic) bond motifs is 1. The van der Waals surface area contributed by atoms with E-state index >= 15 is 0 Å². The Kier molecular flexibility index (Phi) is 10.1. The maximum atomic E-state index is 13.4. The molecule has 0 bridgehead atoms. The van der Waals surface area contributed by atoms with E-state index in [9.17, 15) is 9.59 Å². The number of amides is 3. The zero-order valence-corrected chi connectivity index (χ0v) is 28.1. The molecule has 1 atom stereocenters. The van der Waals surface area contributed by atoms with Gasteiger partial charge in [-0.25, -0.2) is 14.5 Å². The third-order valence-electron chi connectivity index (χ3n) is 8.18. The third-order valence-corrected chi connectivity index (χ3v) is 8.18. The van der Waals surface area contributed by atoms with E-state index in [2.05, 4.69) is 46.6 Å². The Bertz CT molecular complexity index is 1900. The molecule has 6 rings (SSSR count). The Morgan fingerprint density at radius 3 is 2.45 bits per heavy atom. The van der Waals surface area contributed by atoms with Crippen LogP contribution in [0.2, 0.25) is 0 Å². The fourth-order valence-corrected chi connectivity index (χ4v) is 5.52. The van der Waals surface area contributed by atoms with Gasteiger partial charge in [0.05, 0.1) is 37.0 Å². The summed E-state index contributed by atoms with van der Waals surface area (Å²) in [6.45, 7) is 8.90. The van der Waals surface area contributed by atoms with Crippen molar-refractivity contribution in [2.45, 2.75) is 32.3 Å². The van der Waals surface area contributed by atoms with Gasteiger partial charge in [-0.1, -0.05) is 63.2 Å². The Morgan fingerprint density at radius 1 is 0.939 bits per heavy atom. The van der Waals surface area contributed by atoms with Crippen molar-refractivity contribution in [3.63, 3.8) is 0 Å². The number of carbonyl (C=O) groups excluding carboxylic acids is 2. The van der Waals surface area contributed by atoms with E-state index in [0.29, 0.717) is 61.7 Å². The van der Waals surface area contributed by atoms with Gasteiger partial charge in [-0.3, -0.25) is 15.0 Å². The summed E-state index contributed by atoms with van der Waals surface area (Å²) >= 11 is 0. The second-order valence-corrected chi connectivity index (χ2v) is 12.7. The number of ether oxygens (including phenoxy) is 3. The van der Waals surface area contributed by atoms with Crippen molar-refractivity contribution < 1.29 is 23.8 Å². The van der Waals surface area contributed by atoms with Gasteiger partial charge in [0.2, 0.25) is 5.88 Å². The first kappa shape index (κ1) is 33.4. The van der Waals surface area contributed by atoms with E-state index in [1.807, 2.05) is 78.9 Å². The molecule has 49 heavy (non-hydrogen) atoms. The molecule has 2 aromatic heterocycles. The summed E-state index contributed by atoms with van der Waals surface area (Å²) in [5, 5.41) is 15.4. The minimum absolute atomic E-state index is 0.160. The fourth-order valence-electron chi connectivity index (χ4n) is 5.52. The first-order chi connectivity index (χ1) is 23.7. The van der Waals surface area contributed by atoms with Gasteiger partial charge in [-0.05, 0) is 30.3 Å². The minimum atomic E-state index is -0.558. The predicted octanol–water partition coefficient (Wildman–Crippen LogP) is 6.09. The molecule has 1 fully saturated rings. The summed E-state index contributed by atoms with van der Waals surface area (Å²) in [4.78, 5) is 32.6. The number of pyridine rings is 1. The molecule has 0 radical (unpaired) electrons. The molecule has 5 aromatic rings. The smallest absolute Gasteiger partial charge is 0.324 e. The molecule has 254 valence electrons. The number of carbonyl (C=O) groups is 2. The molecule has 3 amide bonds. The van der Waals surface area contributed by atoms with Gasteiger partial charge < -0.3 is 24.8 Å². The molecule has 3 aromatic carbocycles. The van der Waals surface area contributed by atoms with Gasteiger partial charge in [0.1, 0.15) is 24.3 Å². The molecular formula is C37H41N7O5. The third kappa shape index (κ3) is 8.16.